The van der Waals surface area contributed by atoms with Crippen molar-refractivity contribution in [1.29, 1.82) is 0 Å². The zero-order valence-corrected chi connectivity index (χ0v) is 9.05. The summed E-state index contributed by atoms with van der Waals surface area (Å²) in [7, 11) is 0. The second-order valence-electron chi connectivity index (χ2n) is 3.75. The summed E-state index contributed by atoms with van der Waals surface area (Å²) in [6.07, 6.45) is 0.632. The van der Waals surface area contributed by atoms with Gasteiger partial charge in [0.1, 0.15) is 0 Å². The van der Waals surface area contributed by atoms with E-state index in [-0.39, 0.29) is 18.1 Å². The van der Waals surface area contributed by atoms with Gasteiger partial charge in [0, 0.05) is 24.4 Å². The van der Waals surface area contributed by atoms with Crippen molar-refractivity contribution < 1.29 is 9.72 Å². The van der Waals surface area contributed by atoms with E-state index in [0.717, 1.165) is 11.3 Å². The van der Waals surface area contributed by atoms with Gasteiger partial charge < -0.3 is 4.90 Å². The number of anilines is 1. The van der Waals surface area contributed by atoms with Crippen LogP contribution in [0.3, 0.4) is 0 Å². The van der Waals surface area contributed by atoms with Crippen molar-refractivity contribution in [1.82, 2.24) is 5.43 Å². The number of nitrogens with zero attached hydrogens (tertiary/aromatic N) is 2. The molecule has 17 heavy (non-hydrogen) atoms. The van der Waals surface area contributed by atoms with Gasteiger partial charge in [0.05, 0.1) is 11.5 Å². The average molecular weight is 236 g/mol. The van der Waals surface area contributed by atoms with Crippen LogP contribution in [-0.2, 0) is 11.2 Å². The third-order valence-electron chi connectivity index (χ3n) is 2.72. The first kappa shape index (κ1) is 11.5. The lowest BCUT2D eigenvalue weighted by atomic mass is 10.1. The van der Waals surface area contributed by atoms with Crippen molar-refractivity contribution in [3.05, 3.63) is 33.9 Å². The fraction of sp³-hybridized carbons (Fsp3) is 0.300. The molecular formula is C10H12N4O3. The Labute approximate surface area is 97.3 Å². The predicted octanol–water partition coefficient (Wildman–Crippen LogP) is -0.0528. The zero-order valence-electron chi connectivity index (χ0n) is 9.05. The number of nitrogens with one attached hydrogen (secondary N) is 1. The molecule has 0 radical (unpaired) electrons. The molecule has 0 spiro atoms. The molecule has 1 amide bonds. The minimum absolute atomic E-state index is 0.0509. The molecule has 0 unspecified atom stereocenters. The van der Waals surface area contributed by atoms with E-state index in [1.165, 1.54) is 12.1 Å². The molecule has 0 aliphatic carbocycles. The van der Waals surface area contributed by atoms with E-state index in [4.69, 9.17) is 5.84 Å². The van der Waals surface area contributed by atoms with Crippen LogP contribution in [0.2, 0.25) is 0 Å². The van der Waals surface area contributed by atoms with Crippen LogP contribution in [0.5, 0.6) is 0 Å². The molecule has 0 saturated carbocycles. The number of fused-ring (bicyclic) bond motifs is 1. The summed E-state index contributed by atoms with van der Waals surface area (Å²) in [5, 5.41) is 10.6. The summed E-state index contributed by atoms with van der Waals surface area (Å²) >= 11 is 0. The van der Waals surface area contributed by atoms with Gasteiger partial charge in [-0.3, -0.25) is 26.2 Å². The van der Waals surface area contributed by atoms with Crippen LogP contribution in [0.1, 0.15) is 5.56 Å². The summed E-state index contributed by atoms with van der Waals surface area (Å²) in [6.45, 7) is 0.591. The highest BCUT2D eigenvalue weighted by molar-refractivity contribution is 5.96. The Balaban J connectivity index is 2.27. The van der Waals surface area contributed by atoms with Crippen molar-refractivity contribution in [3.8, 4) is 0 Å². The fourth-order valence-corrected chi connectivity index (χ4v) is 1.94. The molecule has 1 aliphatic rings. The smallest absolute Gasteiger partial charge is 0.269 e. The molecule has 0 fully saturated rings. The zero-order chi connectivity index (χ0) is 12.4. The summed E-state index contributed by atoms with van der Waals surface area (Å²) in [6, 6.07) is 4.52. The predicted molar refractivity (Wildman–Crippen MR) is 61.3 cm³/mol. The summed E-state index contributed by atoms with van der Waals surface area (Å²) in [5.41, 5.74) is 3.91. The summed E-state index contributed by atoms with van der Waals surface area (Å²) in [5.74, 6) is 4.96. The van der Waals surface area contributed by atoms with Crippen molar-refractivity contribution in [3.63, 3.8) is 0 Å². The first-order valence-electron chi connectivity index (χ1n) is 5.14. The van der Waals surface area contributed by atoms with Crippen LogP contribution < -0.4 is 16.2 Å². The fourth-order valence-electron chi connectivity index (χ4n) is 1.94. The van der Waals surface area contributed by atoms with Gasteiger partial charge in [0.25, 0.3) is 5.69 Å². The number of carbonyl (C=O) groups excluding carboxylic acids is 1. The quantitative estimate of drug-likeness (QED) is 0.435. The number of nitro benzene ring substituents is 1. The van der Waals surface area contributed by atoms with Crippen LogP contribution in [0.25, 0.3) is 0 Å². The first-order chi connectivity index (χ1) is 8.13. The maximum atomic E-state index is 11.7. The second kappa shape index (κ2) is 4.48. The molecule has 7 nitrogen and oxygen atoms in total. The molecule has 2 rings (SSSR count). The topological polar surface area (TPSA) is 102 Å². The molecule has 7 heteroatoms. The largest absolute Gasteiger partial charge is 0.311 e. The van der Waals surface area contributed by atoms with Gasteiger partial charge in [-0.2, -0.15) is 0 Å². The Morgan fingerprint density at radius 3 is 3.00 bits per heavy atom. The lowest BCUT2D eigenvalue weighted by molar-refractivity contribution is -0.384. The van der Waals surface area contributed by atoms with Gasteiger partial charge in [-0.1, -0.05) is 0 Å². The molecule has 90 valence electrons. The van der Waals surface area contributed by atoms with Gasteiger partial charge in [-0.15, -0.1) is 0 Å². The van der Waals surface area contributed by atoms with E-state index in [1.54, 1.807) is 11.0 Å². The maximum absolute atomic E-state index is 11.7. The summed E-state index contributed by atoms with van der Waals surface area (Å²) in [4.78, 5) is 23.4. The first-order valence-corrected chi connectivity index (χ1v) is 5.14. The monoisotopic (exact) mass is 236 g/mol. The Morgan fingerprint density at radius 1 is 1.59 bits per heavy atom. The number of hydrogen-bond donors (Lipinski definition) is 2. The third-order valence-corrected chi connectivity index (χ3v) is 2.72. The number of rotatable bonds is 3. The standard InChI is InChI=1S/C10H12N4O3/c11-12-6-10(15)13-4-3-7-5-8(14(16)17)1-2-9(7)13/h1-2,5,12H,3-4,6,11H2. The molecule has 1 aliphatic heterocycles. The highest BCUT2D eigenvalue weighted by atomic mass is 16.6. The van der Waals surface area contributed by atoms with Crippen molar-refractivity contribution in [2.75, 3.05) is 18.0 Å². The molecule has 0 aromatic heterocycles. The van der Waals surface area contributed by atoms with Crippen molar-refractivity contribution in [2.24, 2.45) is 5.84 Å². The molecule has 0 bridgehead atoms. The Bertz CT molecular complexity index is 475. The van der Waals surface area contributed by atoms with E-state index >= 15 is 0 Å². The third kappa shape index (κ3) is 2.10. The molecule has 3 N–H and O–H groups in total. The molecule has 0 atom stereocenters. The normalized spacial score (nSPS) is 13.6. The lowest BCUT2D eigenvalue weighted by Crippen LogP contribution is -2.39. The average Bonchev–Trinajstić information content (AvgIpc) is 2.71. The van der Waals surface area contributed by atoms with Crippen LogP contribution in [0.4, 0.5) is 11.4 Å². The molecule has 0 saturated heterocycles. The van der Waals surface area contributed by atoms with Crippen LogP contribution in [0, 0.1) is 10.1 Å². The van der Waals surface area contributed by atoms with E-state index < -0.39 is 4.92 Å². The Hall–Kier alpha value is -1.99. The molecule has 1 aromatic carbocycles. The van der Waals surface area contributed by atoms with Crippen LogP contribution in [0.15, 0.2) is 18.2 Å². The molecule has 1 heterocycles. The van der Waals surface area contributed by atoms with Gasteiger partial charge in [-0.25, -0.2) is 0 Å². The number of amides is 1. The summed E-state index contributed by atoms with van der Waals surface area (Å²) < 4.78 is 0. The minimum Gasteiger partial charge on any atom is -0.311 e. The second-order valence-corrected chi connectivity index (χ2v) is 3.75. The Morgan fingerprint density at radius 2 is 2.35 bits per heavy atom. The van der Waals surface area contributed by atoms with E-state index in [2.05, 4.69) is 5.43 Å². The van der Waals surface area contributed by atoms with E-state index in [0.29, 0.717) is 13.0 Å². The van der Waals surface area contributed by atoms with E-state index in [9.17, 15) is 14.9 Å². The number of non-ortho nitro benzene ring substituents is 1. The molecular weight excluding hydrogens is 224 g/mol. The number of benzene rings is 1. The van der Waals surface area contributed by atoms with E-state index in [1.807, 2.05) is 0 Å². The highest BCUT2D eigenvalue weighted by Gasteiger charge is 2.25. The number of nitro groups is 1. The molecule has 1 aromatic rings. The van der Waals surface area contributed by atoms with Gasteiger partial charge in [0.15, 0.2) is 0 Å². The van der Waals surface area contributed by atoms with Gasteiger partial charge in [-0.05, 0) is 18.1 Å². The number of nitrogens with two attached hydrogens (primary N) is 1. The van der Waals surface area contributed by atoms with Crippen molar-refractivity contribution in [2.45, 2.75) is 6.42 Å². The minimum atomic E-state index is -0.438. The maximum Gasteiger partial charge on any atom is 0.269 e. The van der Waals surface area contributed by atoms with Gasteiger partial charge >= 0.3 is 0 Å². The highest BCUT2D eigenvalue weighted by Crippen LogP contribution is 2.30. The Kier molecular flexibility index (Phi) is 3.03. The lowest BCUT2D eigenvalue weighted by Gasteiger charge is -2.16. The number of hydrazine groups is 1. The van der Waals surface area contributed by atoms with Crippen LogP contribution in [-0.4, -0.2) is 23.9 Å². The van der Waals surface area contributed by atoms with Crippen LogP contribution >= 0.6 is 0 Å². The number of carbonyl (C=O) groups is 1. The SMILES string of the molecule is NNCC(=O)N1CCc2cc([N+](=O)[O-])ccc21. The number of hydrogen-bond acceptors (Lipinski definition) is 5. The van der Waals surface area contributed by atoms with Gasteiger partial charge in [0.2, 0.25) is 5.91 Å². The van der Waals surface area contributed by atoms with Crippen molar-refractivity contribution >= 4 is 17.3 Å².